The summed E-state index contributed by atoms with van der Waals surface area (Å²) in [5, 5.41) is 2.81. The van der Waals surface area contributed by atoms with E-state index in [9.17, 15) is 13.2 Å². The highest BCUT2D eigenvalue weighted by molar-refractivity contribution is 5.60. The van der Waals surface area contributed by atoms with Crippen molar-refractivity contribution in [2.24, 2.45) is 5.84 Å². The van der Waals surface area contributed by atoms with E-state index in [-0.39, 0.29) is 5.56 Å². The summed E-state index contributed by atoms with van der Waals surface area (Å²) in [4.78, 5) is 4.07. The second-order valence-electron chi connectivity index (χ2n) is 4.20. The molecule has 4 nitrogen and oxygen atoms in total. The zero-order chi connectivity index (χ0) is 14.8. The molecule has 1 heterocycles. The first kappa shape index (κ1) is 14.1. The van der Waals surface area contributed by atoms with Gasteiger partial charge in [-0.05, 0) is 36.8 Å². The van der Waals surface area contributed by atoms with Crippen LogP contribution in [-0.4, -0.2) is 4.98 Å². The number of rotatable bonds is 3. The molecule has 0 saturated heterocycles. The summed E-state index contributed by atoms with van der Waals surface area (Å²) in [5.74, 6) is 6.04. The largest absolute Gasteiger partial charge is 0.416 e. The maximum atomic E-state index is 12.8. The van der Waals surface area contributed by atoms with Crippen LogP contribution in [0, 0.1) is 6.92 Å². The predicted molar refractivity (Wildman–Crippen MR) is 71.5 cm³/mol. The summed E-state index contributed by atoms with van der Waals surface area (Å²) >= 11 is 0. The lowest BCUT2D eigenvalue weighted by Gasteiger charge is -2.13. The lowest BCUT2D eigenvalue weighted by atomic mass is 10.1. The number of pyridine rings is 1. The third-order valence-electron chi connectivity index (χ3n) is 2.71. The van der Waals surface area contributed by atoms with Crippen molar-refractivity contribution < 1.29 is 13.2 Å². The smallest absolute Gasteiger partial charge is 0.340 e. The number of alkyl halides is 3. The van der Waals surface area contributed by atoms with Gasteiger partial charge in [0.25, 0.3) is 0 Å². The summed E-state index contributed by atoms with van der Waals surface area (Å²) in [5.41, 5.74) is 2.18. The van der Waals surface area contributed by atoms with Crippen LogP contribution in [0.3, 0.4) is 0 Å². The molecule has 0 bridgehead atoms. The molecule has 1 aromatic carbocycles. The number of halogens is 3. The fourth-order valence-electron chi connectivity index (χ4n) is 1.74. The minimum absolute atomic E-state index is 0.174. The Morgan fingerprint density at radius 1 is 1.10 bits per heavy atom. The topological polar surface area (TPSA) is 63.0 Å². The van der Waals surface area contributed by atoms with Crippen LogP contribution in [0.1, 0.15) is 11.1 Å². The molecule has 0 unspecified atom stereocenters. The van der Waals surface area contributed by atoms with E-state index >= 15 is 0 Å². The van der Waals surface area contributed by atoms with Crippen molar-refractivity contribution in [3.05, 3.63) is 47.5 Å². The summed E-state index contributed by atoms with van der Waals surface area (Å²) < 4.78 is 38.4. The van der Waals surface area contributed by atoms with E-state index in [1.54, 1.807) is 24.3 Å². The number of nitrogens with zero attached hydrogens (tertiary/aromatic N) is 1. The maximum Gasteiger partial charge on any atom is 0.416 e. The predicted octanol–water partition coefficient (Wildman–Crippen LogP) is 3.44. The lowest BCUT2D eigenvalue weighted by molar-refractivity contribution is -0.138. The molecule has 0 spiro atoms. The molecule has 0 radical (unpaired) electrons. The average molecular weight is 282 g/mol. The fourth-order valence-corrected chi connectivity index (χ4v) is 1.74. The van der Waals surface area contributed by atoms with Crippen molar-refractivity contribution in [1.82, 2.24) is 4.98 Å². The second-order valence-corrected chi connectivity index (χ2v) is 4.20. The number of nitrogen functional groups attached to an aromatic ring is 1. The van der Waals surface area contributed by atoms with Gasteiger partial charge in [-0.25, -0.2) is 10.8 Å². The van der Waals surface area contributed by atoms with E-state index in [1.165, 1.54) is 13.0 Å². The van der Waals surface area contributed by atoms with Gasteiger partial charge in [-0.3, -0.25) is 0 Å². The normalized spacial score (nSPS) is 11.2. The minimum Gasteiger partial charge on any atom is -0.340 e. The van der Waals surface area contributed by atoms with E-state index in [1.807, 2.05) is 0 Å². The molecule has 2 rings (SSSR count). The van der Waals surface area contributed by atoms with Crippen molar-refractivity contribution in [3.8, 4) is 0 Å². The molecule has 4 N–H and O–H groups in total. The SMILES string of the molecule is Cc1ccc(Nc2cccc(NN)n2)cc1C(F)(F)F. The quantitative estimate of drug-likeness (QED) is 0.596. The Hall–Kier alpha value is -2.28. The number of nitrogens with one attached hydrogen (secondary N) is 2. The first-order valence-corrected chi connectivity index (χ1v) is 5.78. The second kappa shape index (κ2) is 5.38. The molecular weight excluding hydrogens is 269 g/mol. The molecule has 0 aliphatic heterocycles. The van der Waals surface area contributed by atoms with Gasteiger partial charge in [0.05, 0.1) is 5.56 Å². The van der Waals surface area contributed by atoms with Crippen molar-refractivity contribution in [2.75, 3.05) is 10.7 Å². The monoisotopic (exact) mass is 282 g/mol. The van der Waals surface area contributed by atoms with Crippen molar-refractivity contribution in [2.45, 2.75) is 13.1 Å². The molecule has 0 atom stereocenters. The van der Waals surface area contributed by atoms with Crippen LogP contribution in [0.15, 0.2) is 36.4 Å². The summed E-state index contributed by atoms with van der Waals surface area (Å²) in [7, 11) is 0. The molecule has 0 aliphatic carbocycles. The van der Waals surface area contributed by atoms with Gasteiger partial charge < -0.3 is 10.7 Å². The summed E-state index contributed by atoms with van der Waals surface area (Å²) in [6.07, 6.45) is -4.38. The molecule has 20 heavy (non-hydrogen) atoms. The molecule has 2 aromatic rings. The van der Waals surface area contributed by atoms with E-state index in [2.05, 4.69) is 15.7 Å². The maximum absolute atomic E-state index is 12.8. The van der Waals surface area contributed by atoms with Gasteiger partial charge in [0, 0.05) is 5.69 Å². The first-order valence-electron chi connectivity index (χ1n) is 5.78. The Morgan fingerprint density at radius 3 is 2.45 bits per heavy atom. The Balaban J connectivity index is 2.30. The molecule has 0 aliphatic rings. The zero-order valence-corrected chi connectivity index (χ0v) is 10.6. The van der Waals surface area contributed by atoms with Gasteiger partial charge in [0.1, 0.15) is 11.6 Å². The number of nitrogens with two attached hydrogens (primary N) is 1. The molecule has 0 fully saturated rings. The van der Waals surface area contributed by atoms with Crippen molar-refractivity contribution >= 4 is 17.3 Å². The summed E-state index contributed by atoms with van der Waals surface area (Å²) in [6.45, 7) is 1.42. The van der Waals surface area contributed by atoms with Gasteiger partial charge in [0.2, 0.25) is 0 Å². The first-order chi connectivity index (χ1) is 9.40. The van der Waals surface area contributed by atoms with Crippen LogP contribution >= 0.6 is 0 Å². The molecule has 0 saturated carbocycles. The van der Waals surface area contributed by atoms with Crippen molar-refractivity contribution in [3.63, 3.8) is 0 Å². The third kappa shape index (κ3) is 3.18. The average Bonchev–Trinajstić information content (AvgIpc) is 2.40. The Kier molecular flexibility index (Phi) is 3.80. The Labute approximate surface area is 113 Å². The highest BCUT2D eigenvalue weighted by atomic mass is 19.4. The minimum atomic E-state index is -4.38. The van der Waals surface area contributed by atoms with Gasteiger partial charge in [-0.2, -0.15) is 13.2 Å². The fraction of sp³-hybridized carbons (Fsp3) is 0.154. The zero-order valence-electron chi connectivity index (χ0n) is 10.6. The Bertz CT molecular complexity index is 611. The van der Waals surface area contributed by atoms with Crippen LogP contribution in [0.5, 0.6) is 0 Å². The van der Waals surface area contributed by atoms with E-state index in [0.29, 0.717) is 17.3 Å². The van der Waals surface area contributed by atoms with Crippen LogP contribution in [-0.2, 0) is 6.18 Å². The van der Waals surface area contributed by atoms with Gasteiger partial charge in [0.15, 0.2) is 0 Å². The molecule has 106 valence electrons. The van der Waals surface area contributed by atoms with Gasteiger partial charge in [-0.1, -0.05) is 12.1 Å². The van der Waals surface area contributed by atoms with E-state index in [0.717, 1.165) is 6.07 Å². The highest BCUT2D eigenvalue weighted by Crippen LogP contribution is 2.33. The van der Waals surface area contributed by atoms with Crippen LogP contribution in [0.4, 0.5) is 30.5 Å². The molecule has 7 heteroatoms. The van der Waals surface area contributed by atoms with Crippen molar-refractivity contribution in [1.29, 1.82) is 0 Å². The van der Waals surface area contributed by atoms with Gasteiger partial charge in [-0.15, -0.1) is 0 Å². The Morgan fingerprint density at radius 2 is 1.80 bits per heavy atom. The van der Waals surface area contributed by atoms with E-state index in [4.69, 9.17) is 5.84 Å². The summed E-state index contributed by atoms with van der Waals surface area (Å²) in [6, 6.07) is 8.99. The lowest BCUT2D eigenvalue weighted by Crippen LogP contribution is -2.10. The number of hydrogen-bond acceptors (Lipinski definition) is 4. The number of hydrazine groups is 1. The highest BCUT2D eigenvalue weighted by Gasteiger charge is 2.32. The molecular formula is C13H13F3N4. The number of aromatic nitrogens is 1. The number of benzene rings is 1. The number of aryl methyl sites for hydroxylation is 1. The van der Waals surface area contributed by atoms with Crippen LogP contribution in [0.25, 0.3) is 0 Å². The van der Waals surface area contributed by atoms with E-state index < -0.39 is 11.7 Å². The number of anilines is 3. The van der Waals surface area contributed by atoms with Gasteiger partial charge >= 0.3 is 6.18 Å². The van der Waals surface area contributed by atoms with Crippen LogP contribution in [0.2, 0.25) is 0 Å². The number of hydrogen-bond donors (Lipinski definition) is 3. The third-order valence-corrected chi connectivity index (χ3v) is 2.71. The van der Waals surface area contributed by atoms with Crippen LogP contribution < -0.4 is 16.6 Å². The molecule has 1 aromatic heterocycles. The molecule has 0 amide bonds. The standard InChI is InChI=1S/C13H13F3N4/c1-8-5-6-9(7-10(8)13(14,15)16)18-11-3-2-4-12(19-11)20-17/h2-7H,17H2,1H3,(H2,18,19,20).